The fourth-order valence-corrected chi connectivity index (χ4v) is 8.40. The van der Waals surface area contributed by atoms with E-state index >= 15 is 0 Å². The van der Waals surface area contributed by atoms with E-state index in [0.29, 0.717) is 62.7 Å². The summed E-state index contributed by atoms with van der Waals surface area (Å²) in [6.45, 7) is 3.66. The van der Waals surface area contributed by atoms with Gasteiger partial charge in [0.1, 0.15) is 6.61 Å². The molecule has 0 saturated carbocycles. The van der Waals surface area contributed by atoms with E-state index in [-0.39, 0.29) is 43.2 Å². The molecule has 0 spiro atoms. The Hall–Kier alpha value is -3.65. The van der Waals surface area contributed by atoms with Crippen molar-refractivity contribution >= 4 is 34.5 Å². The third-order valence-corrected chi connectivity index (χ3v) is 10.8. The Kier molecular flexibility index (Phi) is 11.8. The monoisotopic (exact) mass is 714 g/mol. The highest BCUT2D eigenvalue weighted by molar-refractivity contribution is 8.00. The number of nitrogens with one attached hydrogen (secondary N) is 3. The summed E-state index contributed by atoms with van der Waals surface area (Å²) in [5.41, 5.74) is 3.55. The highest BCUT2D eigenvalue weighted by atomic mass is 35.5. The van der Waals surface area contributed by atoms with Crippen molar-refractivity contribution in [3.63, 3.8) is 0 Å². The number of carbonyl (C=O) groups is 2. The van der Waals surface area contributed by atoms with Gasteiger partial charge >= 0.3 is 6.03 Å². The topological polar surface area (TPSA) is 129 Å². The van der Waals surface area contributed by atoms with E-state index in [4.69, 9.17) is 28.4 Å². The van der Waals surface area contributed by atoms with Crippen LogP contribution in [0.15, 0.2) is 36.5 Å². The van der Waals surface area contributed by atoms with Crippen LogP contribution in [-0.4, -0.2) is 88.5 Å². The number of nitrogens with zero attached hydrogens (tertiary/aromatic N) is 1. The lowest BCUT2D eigenvalue weighted by Gasteiger charge is -2.18. The molecular formula is C35H43ClN4O8S. The summed E-state index contributed by atoms with van der Waals surface area (Å²) in [6, 6.07) is 10.8. The first kappa shape index (κ1) is 35.2. The molecular weight excluding hydrogens is 672 g/mol. The molecule has 3 amide bonds. The fraction of sp³-hybridized carbons (Fsp3) is 0.514. The Labute approximate surface area is 296 Å². The molecule has 2 fully saturated rings. The van der Waals surface area contributed by atoms with Gasteiger partial charge in [0.25, 0.3) is 0 Å². The van der Waals surface area contributed by atoms with Crippen LogP contribution in [0, 0.1) is 0 Å². The quantitative estimate of drug-likeness (QED) is 0.109. The summed E-state index contributed by atoms with van der Waals surface area (Å²) in [5, 5.41) is 11.4. The molecule has 2 saturated heterocycles. The van der Waals surface area contributed by atoms with Crippen molar-refractivity contribution in [3.8, 4) is 34.3 Å². The summed E-state index contributed by atoms with van der Waals surface area (Å²) >= 11 is 1.91. The number of urea groups is 1. The van der Waals surface area contributed by atoms with Crippen LogP contribution >= 0.6 is 11.8 Å². The standard InChI is InChI=1S/C35H42N4O8S.ClH/c1-42-28-7-6-22-16-27-24-18-30-29(46-21-47-30)17-23(24)8-10-39(27)19-25(22)34(28)45-15-14-44-13-12-43-11-9-36-32(40)5-3-2-4-31-33-26(20-48-31)37-35(41)38-33;/h6-7,16-19,26,31,33H,2-5,8-15,20-21H2,1H3,(H2-,36,37,38,40,41);1H/t26-,31-,33-;/m0./s1. The van der Waals surface area contributed by atoms with Crippen molar-refractivity contribution in [1.29, 1.82) is 0 Å². The number of hydrogen-bond acceptors (Lipinski definition) is 9. The van der Waals surface area contributed by atoms with Gasteiger partial charge in [-0.2, -0.15) is 16.3 Å². The molecule has 5 heterocycles. The van der Waals surface area contributed by atoms with E-state index in [9.17, 15) is 9.59 Å². The number of methoxy groups -OCH3 is 1. The van der Waals surface area contributed by atoms with Crippen molar-refractivity contribution in [2.75, 3.05) is 59.2 Å². The van der Waals surface area contributed by atoms with E-state index in [0.717, 1.165) is 71.5 Å². The van der Waals surface area contributed by atoms with Gasteiger partial charge in [-0.15, -0.1) is 0 Å². The van der Waals surface area contributed by atoms with Crippen LogP contribution in [0.5, 0.6) is 23.0 Å². The van der Waals surface area contributed by atoms with Gasteiger partial charge in [-0.05, 0) is 48.1 Å². The van der Waals surface area contributed by atoms with E-state index in [2.05, 4.69) is 51.0 Å². The maximum absolute atomic E-state index is 12.2. The lowest BCUT2D eigenvalue weighted by Crippen LogP contribution is -3.00. The summed E-state index contributed by atoms with van der Waals surface area (Å²) in [7, 11) is 1.65. The van der Waals surface area contributed by atoms with Gasteiger partial charge in [-0.3, -0.25) is 4.79 Å². The van der Waals surface area contributed by atoms with Crippen molar-refractivity contribution < 1.29 is 55.0 Å². The maximum Gasteiger partial charge on any atom is 0.315 e. The summed E-state index contributed by atoms with van der Waals surface area (Å²) in [6.07, 6.45) is 6.37. The first-order valence-electron chi connectivity index (χ1n) is 16.8. The highest BCUT2D eigenvalue weighted by Gasteiger charge is 2.42. The Morgan fingerprint density at radius 3 is 2.71 bits per heavy atom. The van der Waals surface area contributed by atoms with Crippen molar-refractivity contribution in [3.05, 3.63) is 42.1 Å². The number of rotatable bonds is 16. The lowest BCUT2D eigenvalue weighted by molar-refractivity contribution is -0.686. The van der Waals surface area contributed by atoms with Crippen LogP contribution in [0.3, 0.4) is 0 Å². The molecule has 0 bridgehead atoms. The van der Waals surface area contributed by atoms with Crippen LogP contribution in [0.25, 0.3) is 22.0 Å². The number of thioether (sulfide) groups is 1. The second kappa shape index (κ2) is 16.4. The summed E-state index contributed by atoms with van der Waals surface area (Å²) < 4.78 is 36.7. The van der Waals surface area contributed by atoms with Gasteiger partial charge in [0.15, 0.2) is 35.7 Å². The maximum atomic E-state index is 12.2. The predicted molar refractivity (Wildman–Crippen MR) is 180 cm³/mol. The number of hydrogen-bond donors (Lipinski definition) is 3. The van der Waals surface area contributed by atoms with Crippen molar-refractivity contribution in [2.24, 2.45) is 0 Å². The molecule has 4 aliphatic heterocycles. The molecule has 3 N–H and O–H groups in total. The number of aryl methyl sites for hydroxylation is 2. The fourth-order valence-electron chi connectivity index (χ4n) is 6.86. The average molecular weight is 715 g/mol. The molecule has 1 aromatic heterocycles. The van der Waals surface area contributed by atoms with Crippen LogP contribution in [0.1, 0.15) is 31.2 Å². The van der Waals surface area contributed by atoms with Crippen LogP contribution < -0.4 is 51.9 Å². The number of carbonyl (C=O) groups excluding carboxylic acids is 2. The zero-order valence-electron chi connectivity index (χ0n) is 27.6. The molecule has 14 heteroatoms. The molecule has 2 aromatic carbocycles. The minimum atomic E-state index is -0.0593. The van der Waals surface area contributed by atoms with Gasteiger partial charge in [0.2, 0.25) is 18.4 Å². The normalized spacial score (nSPS) is 19.7. The summed E-state index contributed by atoms with van der Waals surface area (Å²) in [4.78, 5) is 23.7. The molecule has 264 valence electrons. The van der Waals surface area contributed by atoms with Crippen LogP contribution in [0.4, 0.5) is 4.79 Å². The number of benzene rings is 2. The largest absolute Gasteiger partial charge is 1.00 e. The number of pyridine rings is 1. The molecule has 0 aliphatic carbocycles. The molecule has 4 aliphatic rings. The minimum Gasteiger partial charge on any atom is -1.00 e. The Morgan fingerprint density at radius 1 is 1.04 bits per heavy atom. The number of unbranched alkanes of at least 4 members (excludes halogenated alkanes) is 1. The third kappa shape index (κ3) is 8.06. The Balaban J connectivity index is 0.00000417. The van der Waals surface area contributed by atoms with Gasteiger partial charge in [0, 0.05) is 36.5 Å². The molecule has 3 aromatic rings. The molecule has 7 rings (SSSR count). The van der Waals surface area contributed by atoms with E-state index < -0.39 is 0 Å². The number of amides is 3. The first-order valence-corrected chi connectivity index (χ1v) is 17.8. The third-order valence-electron chi connectivity index (χ3n) is 9.29. The van der Waals surface area contributed by atoms with Gasteiger partial charge in [0.05, 0.1) is 56.6 Å². The van der Waals surface area contributed by atoms with E-state index in [1.807, 2.05) is 17.8 Å². The molecule has 0 radical (unpaired) electrons. The second-order valence-corrected chi connectivity index (χ2v) is 13.6. The zero-order chi connectivity index (χ0) is 32.9. The zero-order valence-corrected chi connectivity index (χ0v) is 29.2. The molecule has 12 nitrogen and oxygen atoms in total. The first-order chi connectivity index (χ1) is 23.6. The Morgan fingerprint density at radius 2 is 1.86 bits per heavy atom. The SMILES string of the molecule is COc1ccc2cc3[n+](cc2c1OCCOCCOCCNC(=O)CCCC[C@@H]1SC[C@@H]2NC(=O)N[C@@H]21)CCc1cc2c(cc1-3)OCO2.[Cl-]. The second-order valence-electron chi connectivity index (χ2n) is 12.4. The number of ether oxygens (including phenoxy) is 6. The highest BCUT2D eigenvalue weighted by Crippen LogP contribution is 2.41. The predicted octanol–water partition coefficient (Wildman–Crippen LogP) is 0.346. The van der Waals surface area contributed by atoms with E-state index in [1.165, 1.54) is 5.56 Å². The van der Waals surface area contributed by atoms with Crippen molar-refractivity contribution in [1.82, 2.24) is 16.0 Å². The molecule has 3 atom stereocenters. The Bertz CT molecular complexity index is 1660. The number of fused-ring (bicyclic) bond motifs is 6. The van der Waals surface area contributed by atoms with Crippen molar-refractivity contribution in [2.45, 2.75) is 56.0 Å². The lowest BCUT2D eigenvalue weighted by atomic mass is 9.95. The minimum absolute atomic E-state index is 0. The van der Waals surface area contributed by atoms with Gasteiger partial charge in [-0.25, -0.2) is 4.79 Å². The molecule has 49 heavy (non-hydrogen) atoms. The van der Waals surface area contributed by atoms with E-state index in [1.54, 1.807) is 7.11 Å². The van der Waals surface area contributed by atoms with Gasteiger partial charge in [-0.1, -0.05) is 6.42 Å². The van der Waals surface area contributed by atoms with Crippen LogP contribution in [0.2, 0.25) is 0 Å². The number of aromatic nitrogens is 1. The molecule has 0 unspecified atom stereocenters. The number of halogens is 1. The smallest absolute Gasteiger partial charge is 0.315 e. The van der Waals surface area contributed by atoms with Crippen LogP contribution in [-0.2, 0) is 27.2 Å². The van der Waals surface area contributed by atoms with Gasteiger partial charge < -0.3 is 56.8 Å². The average Bonchev–Trinajstić information content (AvgIpc) is 3.81. The summed E-state index contributed by atoms with van der Waals surface area (Å²) in [5.74, 6) is 3.98.